The second-order valence-electron chi connectivity index (χ2n) is 4.24. The lowest BCUT2D eigenvalue weighted by Crippen LogP contribution is -2.13. The van der Waals surface area contributed by atoms with E-state index < -0.39 is 5.97 Å². The van der Waals surface area contributed by atoms with Crippen molar-refractivity contribution < 1.29 is 9.90 Å². The molecule has 0 amide bonds. The summed E-state index contributed by atoms with van der Waals surface area (Å²) >= 11 is 0. The summed E-state index contributed by atoms with van der Waals surface area (Å²) in [6.07, 6.45) is 4.51. The molecule has 1 aliphatic rings. The van der Waals surface area contributed by atoms with E-state index in [1.807, 2.05) is 18.2 Å². The molecule has 0 saturated heterocycles. The van der Waals surface area contributed by atoms with E-state index in [1.54, 1.807) is 0 Å². The number of benzene rings is 1. The van der Waals surface area contributed by atoms with Gasteiger partial charge in [-0.15, -0.1) is 0 Å². The van der Waals surface area contributed by atoms with Gasteiger partial charge in [0.1, 0.15) is 0 Å². The zero-order chi connectivity index (χ0) is 11.5. The van der Waals surface area contributed by atoms with E-state index >= 15 is 0 Å². The van der Waals surface area contributed by atoms with Gasteiger partial charge in [0, 0.05) is 6.08 Å². The molecule has 2 heteroatoms. The fourth-order valence-corrected chi connectivity index (χ4v) is 2.48. The first kappa shape index (κ1) is 10.9. The second-order valence-corrected chi connectivity index (χ2v) is 4.24. The summed E-state index contributed by atoms with van der Waals surface area (Å²) in [4.78, 5) is 10.9. The molecule has 2 rings (SSSR count). The predicted octanol–water partition coefficient (Wildman–Crippen LogP) is 3.13. The van der Waals surface area contributed by atoms with Crippen molar-refractivity contribution in [2.45, 2.75) is 26.2 Å². The third-order valence-electron chi connectivity index (χ3n) is 3.30. The minimum absolute atomic E-state index is 0.394. The highest BCUT2D eigenvalue weighted by atomic mass is 16.4. The van der Waals surface area contributed by atoms with E-state index in [2.05, 4.69) is 13.0 Å². The van der Waals surface area contributed by atoms with Crippen LogP contribution in [-0.2, 0) is 11.2 Å². The SMILES string of the molecule is CCC1CCc2ccccc2C1=CC(=O)O. The zero-order valence-corrected chi connectivity index (χ0v) is 9.44. The molecule has 0 bridgehead atoms. The second kappa shape index (κ2) is 4.52. The minimum atomic E-state index is -0.842. The Morgan fingerprint density at radius 3 is 2.94 bits per heavy atom. The lowest BCUT2D eigenvalue weighted by Gasteiger charge is -2.26. The van der Waals surface area contributed by atoms with Crippen LogP contribution in [0.15, 0.2) is 30.3 Å². The quantitative estimate of drug-likeness (QED) is 0.771. The number of aliphatic carboxylic acids is 1. The largest absolute Gasteiger partial charge is 0.478 e. The summed E-state index contributed by atoms with van der Waals surface area (Å²) in [6, 6.07) is 8.12. The van der Waals surface area contributed by atoms with Gasteiger partial charge in [0.15, 0.2) is 0 Å². The van der Waals surface area contributed by atoms with Crippen LogP contribution < -0.4 is 0 Å². The number of carboxylic acid groups (broad SMARTS) is 1. The zero-order valence-electron chi connectivity index (χ0n) is 9.44. The number of carbonyl (C=O) groups is 1. The third kappa shape index (κ3) is 2.01. The van der Waals surface area contributed by atoms with Crippen LogP contribution in [0, 0.1) is 5.92 Å². The van der Waals surface area contributed by atoms with E-state index in [9.17, 15) is 4.79 Å². The molecule has 84 valence electrons. The molecule has 0 aromatic heterocycles. The Balaban J connectivity index is 2.49. The van der Waals surface area contributed by atoms with Crippen molar-refractivity contribution in [2.24, 2.45) is 5.92 Å². The summed E-state index contributed by atoms with van der Waals surface area (Å²) in [6.45, 7) is 2.12. The molecule has 2 nitrogen and oxygen atoms in total. The molecular formula is C14H16O2. The smallest absolute Gasteiger partial charge is 0.328 e. The van der Waals surface area contributed by atoms with Gasteiger partial charge in [-0.3, -0.25) is 0 Å². The maximum atomic E-state index is 10.9. The molecule has 1 unspecified atom stereocenters. The molecule has 0 aliphatic heterocycles. The van der Waals surface area contributed by atoms with Gasteiger partial charge in [-0.2, -0.15) is 0 Å². The minimum Gasteiger partial charge on any atom is -0.478 e. The molecule has 0 heterocycles. The van der Waals surface area contributed by atoms with E-state index in [-0.39, 0.29) is 0 Å². The Labute approximate surface area is 95.6 Å². The first-order valence-corrected chi connectivity index (χ1v) is 5.75. The van der Waals surface area contributed by atoms with Gasteiger partial charge in [-0.05, 0) is 41.9 Å². The van der Waals surface area contributed by atoms with Gasteiger partial charge < -0.3 is 5.11 Å². The summed E-state index contributed by atoms with van der Waals surface area (Å²) in [5.41, 5.74) is 3.40. The van der Waals surface area contributed by atoms with Crippen molar-refractivity contribution in [3.05, 3.63) is 41.5 Å². The Morgan fingerprint density at radius 2 is 2.25 bits per heavy atom. The van der Waals surface area contributed by atoms with Crippen molar-refractivity contribution in [3.63, 3.8) is 0 Å². The molecular weight excluding hydrogens is 200 g/mol. The van der Waals surface area contributed by atoms with Crippen LogP contribution in [0.5, 0.6) is 0 Å². The first-order chi connectivity index (χ1) is 7.72. The number of fused-ring (bicyclic) bond motifs is 1. The molecule has 1 N–H and O–H groups in total. The average Bonchev–Trinajstić information content (AvgIpc) is 2.29. The normalized spacial score (nSPS) is 21.8. The molecule has 0 spiro atoms. The topological polar surface area (TPSA) is 37.3 Å². The Hall–Kier alpha value is -1.57. The van der Waals surface area contributed by atoms with Crippen LogP contribution >= 0.6 is 0 Å². The van der Waals surface area contributed by atoms with Crippen molar-refractivity contribution in [3.8, 4) is 0 Å². The molecule has 1 aromatic rings. The first-order valence-electron chi connectivity index (χ1n) is 5.75. The van der Waals surface area contributed by atoms with Gasteiger partial charge >= 0.3 is 5.97 Å². The lowest BCUT2D eigenvalue weighted by atomic mass is 9.78. The number of carboxylic acids is 1. The van der Waals surface area contributed by atoms with Gasteiger partial charge in [-0.25, -0.2) is 4.79 Å². The van der Waals surface area contributed by atoms with Crippen LogP contribution in [0.25, 0.3) is 5.57 Å². The highest BCUT2D eigenvalue weighted by Gasteiger charge is 2.22. The highest BCUT2D eigenvalue weighted by molar-refractivity contribution is 5.91. The van der Waals surface area contributed by atoms with E-state index in [0.717, 1.165) is 30.4 Å². The Bertz CT molecular complexity index is 432. The number of allylic oxidation sites excluding steroid dienone is 1. The number of hydrogen-bond donors (Lipinski definition) is 1. The maximum Gasteiger partial charge on any atom is 0.328 e. The van der Waals surface area contributed by atoms with Gasteiger partial charge in [0.05, 0.1) is 0 Å². The van der Waals surface area contributed by atoms with Crippen molar-refractivity contribution in [1.29, 1.82) is 0 Å². The fraction of sp³-hybridized carbons (Fsp3) is 0.357. The molecule has 0 fully saturated rings. The lowest BCUT2D eigenvalue weighted by molar-refractivity contribution is -0.131. The highest BCUT2D eigenvalue weighted by Crippen LogP contribution is 2.36. The summed E-state index contributed by atoms with van der Waals surface area (Å²) in [5.74, 6) is -0.448. The molecule has 0 saturated carbocycles. The van der Waals surface area contributed by atoms with Crippen LogP contribution in [0.2, 0.25) is 0 Å². The fourth-order valence-electron chi connectivity index (χ4n) is 2.48. The van der Waals surface area contributed by atoms with Crippen molar-refractivity contribution >= 4 is 11.5 Å². The summed E-state index contributed by atoms with van der Waals surface area (Å²) in [5, 5.41) is 8.93. The van der Waals surface area contributed by atoms with Crippen LogP contribution in [0.4, 0.5) is 0 Å². The monoisotopic (exact) mass is 216 g/mol. The third-order valence-corrected chi connectivity index (χ3v) is 3.30. The molecule has 0 radical (unpaired) electrons. The summed E-state index contributed by atoms with van der Waals surface area (Å²) in [7, 11) is 0. The molecule has 1 aliphatic carbocycles. The van der Waals surface area contributed by atoms with Crippen LogP contribution in [0.3, 0.4) is 0 Å². The molecule has 16 heavy (non-hydrogen) atoms. The number of rotatable bonds is 2. The predicted molar refractivity (Wildman–Crippen MR) is 64.2 cm³/mol. The molecule has 1 aromatic carbocycles. The standard InChI is InChI=1S/C14H16O2/c1-2-10-7-8-11-5-3-4-6-12(11)13(10)9-14(15)16/h3-6,9-10H,2,7-8H2,1H3,(H,15,16). The van der Waals surface area contributed by atoms with E-state index in [0.29, 0.717) is 5.92 Å². The molecule has 1 atom stereocenters. The Morgan fingerprint density at radius 1 is 1.50 bits per heavy atom. The maximum absolute atomic E-state index is 10.9. The van der Waals surface area contributed by atoms with Gasteiger partial charge in [-0.1, -0.05) is 31.2 Å². The summed E-state index contributed by atoms with van der Waals surface area (Å²) < 4.78 is 0. The van der Waals surface area contributed by atoms with E-state index in [1.165, 1.54) is 11.6 Å². The van der Waals surface area contributed by atoms with Crippen LogP contribution in [-0.4, -0.2) is 11.1 Å². The average molecular weight is 216 g/mol. The van der Waals surface area contributed by atoms with Gasteiger partial charge in [0.25, 0.3) is 0 Å². The van der Waals surface area contributed by atoms with Crippen molar-refractivity contribution in [1.82, 2.24) is 0 Å². The van der Waals surface area contributed by atoms with Crippen LogP contribution in [0.1, 0.15) is 30.9 Å². The van der Waals surface area contributed by atoms with Crippen molar-refractivity contribution in [2.75, 3.05) is 0 Å². The Kier molecular flexibility index (Phi) is 3.09. The van der Waals surface area contributed by atoms with E-state index in [4.69, 9.17) is 5.11 Å². The number of hydrogen-bond acceptors (Lipinski definition) is 1. The number of aryl methyl sites for hydroxylation is 1. The van der Waals surface area contributed by atoms with Gasteiger partial charge in [0.2, 0.25) is 0 Å².